The topological polar surface area (TPSA) is 89.2 Å². The molecule has 1 aliphatic heterocycles. The Hall–Kier alpha value is -3.48. The Morgan fingerprint density at radius 3 is 2.55 bits per heavy atom. The lowest BCUT2D eigenvalue weighted by atomic mass is 9.85. The van der Waals surface area contributed by atoms with E-state index in [0.29, 0.717) is 22.6 Å². The predicted octanol–water partition coefficient (Wildman–Crippen LogP) is 2.87. The number of carbonyl (C=O) groups excluding carboxylic acids is 3. The molecule has 2 amide bonds. The van der Waals surface area contributed by atoms with E-state index in [1.54, 1.807) is 30.3 Å². The summed E-state index contributed by atoms with van der Waals surface area (Å²) in [6.07, 6.45) is 6.35. The fourth-order valence-electron chi connectivity index (χ4n) is 4.61. The maximum Gasteiger partial charge on any atom is 0.337 e. The van der Waals surface area contributed by atoms with Gasteiger partial charge in [0, 0.05) is 5.56 Å². The summed E-state index contributed by atoms with van der Waals surface area (Å²) in [6, 6.07) is 10.3. The van der Waals surface area contributed by atoms with E-state index in [2.05, 4.69) is 5.10 Å². The van der Waals surface area contributed by atoms with Gasteiger partial charge in [0.2, 0.25) is 0 Å². The zero-order chi connectivity index (χ0) is 20.1. The highest BCUT2D eigenvalue weighted by atomic mass is 16.5. The molecule has 1 aromatic heterocycles. The first-order chi connectivity index (χ1) is 14.1. The quantitative estimate of drug-likeness (QED) is 0.347. The normalized spacial score (nSPS) is 27.3. The fourth-order valence-corrected chi connectivity index (χ4v) is 4.61. The third kappa shape index (κ3) is 2.73. The first kappa shape index (κ1) is 17.6. The van der Waals surface area contributed by atoms with E-state index < -0.39 is 5.97 Å². The van der Waals surface area contributed by atoms with Crippen molar-refractivity contribution in [2.24, 2.45) is 28.8 Å². The third-order valence-corrected chi connectivity index (χ3v) is 5.94. The second-order valence-corrected chi connectivity index (χ2v) is 7.51. The maximum absolute atomic E-state index is 12.6. The lowest BCUT2D eigenvalue weighted by Gasteiger charge is -2.13. The number of benzene rings is 1. The van der Waals surface area contributed by atoms with Crippen LogP contribution in [0.2, 0.25) is 0 Å². The van der Waals surface area contributed by atoms with Crippen molar-refractivity contribution in [2.75, 3.05) is 7.11 Å². The molecule has 7 heteroatoms. The van der Waals surface area contributed by atoms with Crippen LogP contribution < -0.4 is 0 Å². The van der Waals surface area contributed by atoms with Gasteiger partial charge < -0.3 is 9.15 Å². The van der Waals surface area contributed by atoms with Crippen LogP contribution in [0.5, 0.6) is 0 Å². The number of allylic oxidation sites excluding steroid dienone is 2. The molecule has 0 N–H and O–H groups in total. The molecule has 2 aromatic rings. The van der Waals surface area contributed by atoms with Crippen molar-refractivity contribution in [1.29, 1.82) is 0 Å². The van der Waals surface area contributed by atoms with Crippen LogP contribution in [0.1, 0.15) is 22.5 Å². The molecular formula is C22H18N2O5. The van der Waals surface area contributed by atoms with Crippen molar-refractivity contribution in [3.63, 3.8) is 0 Å². The Morgan fingerprint density at radius 1 is 1.14 bits per heavy atom. The molecule has 1 saturated carbocycles. The van der Waals surface area contributed by atoms with Crippen LogP contribution in [0, 0.1) is 23.7 Å². The molecule has 7 nitrogen and oxygen atoms in total. The average molecular weight is 390 g/mol. The smallest absolute Gasteiger partial charge is 0.337 e. The number of ether oxygens (including phenoxy) is 1. The summed E-state index contributed by atoms with van der Waals surface area (Å²) in [5.41, 5.74) is 1.12. The fraction of sp³-hybridized carbons (Fsp3) is 0.273. The summed E-state index contributed by atoms with van der Waals surface area (Å²) >= 11 is 0. The number of imide groups is 1. The maximum atomic E-state index is 12.6. The van der Waals surface area contributed by atoms with Gasteiger partial charge in [-0.15, -0.1) is 0 Å². The van der Waals surface area contributed by atoms with E-state index >= 15 is 0 Å². The minimum Gasteiger partial charge on any atom is -0.465 e. The van der Waals surface area contributed by atoms with Crippen molar-refractivity contribution in [2.45, 2.75) is 6.42 Å². The second-order valence-electron chi connectivity index (χ2n) is 7.51. The first-order valence-electron chi connectivity index (χ1n) is 9.45. The van der Waals surface area contributed by atoms with Crippen LogP contribution >= 0.6 is 0 Å². The predicted molar refractivity (Wildman–Crippen MR) is 103 cm³/mol. The van der Waals surface area contributed by atoms with Crippen molar-refractivity contribution < 1.29 is 23.5 Å². The summed E-state index contributed by atoms with van der Waals surface area (Å²) in [5, 5.41) is 5.10. The molecule has 29 heavy (non-hydrogen) atoms. The largest absolute Gasteiger partial charge is 0.465 e. The van der Waals surface area contributed by atoms with Gasteiger partial charge >= 0.3 is 5.97 Å². The van der Waals surface area contributed by atoms with E-state index in [9.17, 15) is 14.4 Å². The number of hydrogen-bond donors (Lipinski definition) is 0. The Morgan fingerprint density at radius 2 is 1.86 bits per heavy atom. The van der Waals surface area contributed by atoms with Gasteiger partial charge in [-0.1, -0.05) is 24.3 Å². The lowest BCUT2D eigenvalue weighted by Crippen LogP contribution is -2.28. The molecule has 146 valence electrons. The van der Waals surface area contributed by atoms with Gasteiger partial charge in [-0.25, -0.2) is 4.79 Å². The minimum absolute atomic E-state index is 0.152. The Balaban J connectivity index is 1.35. The number of furan rings is 1. The molecule has 2 fully saturated rings. The monoisotopic (exact) mass is 390 g/mol. The molecular weight excluding hydrogens is 372 g/mol. The van der Waals surface area contributed by atoms with E-state index in [1.165, 1.54) is 13.3 Å². The number of methoxy groups -OCH3 is 1. The Labute approximate surface area is 166 Å². The number of carbonyl (C=O) groups is 3. The van der Waals surface area contributed by atoms with Crippen LogP contribution in [0.4, 0.5) is 0 Å². The van der Waals surface area contributed by atoms with Gasteiger partial charge in [0.25, 0.3) is 11.8 Å². The minimum atomic E-state index is -0.430. The molecule has 4 atom stereocenters. The van der Waals surface area contributed by atoms with Crippen LogP contribution in [-0.4, -0.2) is 36.1 Å². The molecule has 1 saturated heterocycles. The van der Waals surface area contributed by atoms with Gasteiger partial charge in [-0.2, -0.15) is 10.1 Å². The molecule has 0 spiro atoms. The zero-order valence-corrected chi connectivity index (χ0v) is 15.6. The molecule has 3 aliphatic rings. The number of amides is 2. The van der Waals surface area contributed by atoms with Gasteiger partial charge in [-0.3, -0.25) is 9.59 Å². The van der Waals surface area contributed by atoms with Gasteiger partial charge in [0.05, 0.1) is 30.7 Å². The molecule has 2 bridgehead atoms. The van der Waals surface area contributed by atoms with Crippen LogP contribution in [0.25, 0.3) is 11.3 Å². The third-order valence-electron chi connectivity index (χ3n) is 5.94. The van der Waals surface area contributed by atoms with E-state index in [1.807, 2.05) is 18.2 Å². The summed E-state index contributed by atoms with van der Waals surface area (Å²) in [5.74, 6) is -0.196. The highest BCUT2D eigenvalue weighted by Gasteiger charge is 2.59. The number of esters is 1. The van der Waals surface area contributed by atoms with Gasteiger partial charge in [-0.05, 0) is 42.5 Å². The number of hydrogen-bond acceptors (Lipinski definition) is 6. The number of hydrazone groups is 1. The summed E-state index contributed by atoms with van der Waals surface area (Å²) < 4.78 is 10.5. The molecule has 5 rings (SSSR count). The van der Waals surface area contributed by atoms with Gasteiger partial charge in [0.1, 0.15) is 11.5 Å². The van der Waals surface area contributed by atoms with Crippen molar-refractivity contribution in [1.82, 2.24) is 5.01 Å². The van der Waals surface area contributed by atoms with Crippen molar-refractivity contribution >= 4 is 24.0 Å². The van der Waals surface area contributed by atoms with Gasteiger partial charge in [0.15, 0.2) is 0 Å². The highest BCUT2D eigenvalue weighted by Crippen LogP contribution is 2.52. The van der Waals surface area contributed by atoms with Crippen LogP contribution in [0.3, 0.4) is 0 Å². The summed E-state index contributed by atoms with van der Waals surface area (Å²) in [7, 11) is 1.33. The van der Waals surface area contributed by atoms with Crippen molar-refractivity contribution in [3.8, 4) is 11.3 Å². The van der Waals surface area contributed by atoms with E-state index in [4.69, 9.17) is 9.15 Å². The summed E-state index contributed by atoms with van der Waals surface area (Å²) in [4.78, 5) is 37.0. The zero-order valence-electron chi connectivity index (χ0n) is 15.6. The molecule has 2 heterocycles. The average Bonchev–Trinajstić information content (AvgIpc) is 3.51. The van der Waals surface area contributed by atoms with Crippen LogP contribution in [0.15, 0.2) is 58.1 Å². The molecule has 0 unspecified atom stereocenters. The number of nitrogens with zero attached hydrogens (tertiary/aromatic N) is 2. The van der Waals surface area contributed by atoms with E-state index in [-0.39, 0.29) is 35.5 Å². The van der Waals surface area contributed by atoms with Crippen molar-refractivity contribution in [3.05, 3.63) is 59.9 Å². The Bertz CT molecular complexity index is 1050. The first-order valence-corrected chi connectivity index (χ1v) is 9.45. The number of rotatable bonds is 4. The molecule has 0 radical (unpaired) electrons. The Kier molecular flexibility index (Phi) is 3.97. The standard InChI is InChI=1S/C22H18N2O5/c1-28-22(27)15-4-2-3-12(9-15)17-8-7-16(29-17)11-23-24-20(25)18-13-5-6-14(10-13)19(18)21(24)26/h2-9,11,13-14,18-19H,10H2,1H3/b23-11-/t13-,14-,18-,19+/m1/s1. The van der Waals surface area contributed by atoms with E-state index in [0.717, 1.165) is 11.4 Å². The number of fused-ring (bicyclic) bond motifs is 5. The summed E-state index contributed by atoms with van der Waals surface area (Å²) in [6.45, 7) is 0. The second kappa shape index (κ2) is 6.55. The molecule has 1 aromatic carbocycles. The highest BCUT2D eigenvalue weighted by molar-refractivity contribution is 6.06. The SMILES string of the molecule is COC(=O)c1cccc(-c2ccc(/C=N\N3C(=O)[C@@H]4[C@H](C3=O)[C@@H]3C=C[C@@H]4C3)o2)c1. The van der Waals surface area contributed by atoms with Crippen LogP contribution in [-0.2, 0) is 14.3 Å². The lowest BCUT2D eigenvalue weighted by molar-refractivity contribution is -0.140. The molecule has 2 aliphatic carbocycles.